The molecule has 0 fully saturated rings. The van der Waals surface area contributed by atoms with Gasteiger partial charge in [-0.1, -0.05) is 19.1 Å². The van der Waals surface area contributed by atoms with Crippen molar-refractivity contribution in [3.05, 3.63) is 29.8 Å². The summed E-state index contributed by atoms with van der Waals surface area (Å²) < 4.78 is 0. The molecule has 0 aliphatic heterocycles. The summed E-state index contributed by atoms with van der Waals surface area (Å²) in [7, 11) is 0. The first-order valence-electron chi connectivity index (χ1n) is 7.15. The number of aromatic hydroxyl groups is 1. The van der Waals surface area contributed by atoms with E-state index in [4.69, 9.17) is 0 Å². The molecule has 0 bridgehead atoms. The molecule has 4 heteroatoms. The van der Waals surface area contributed by atoms with E-state index in [0.29, 0.717) is 13.0 Å². The Kier molecular flexibility index (Phi) is 6.02. The van der Waals surface area contributed by atoms with Gasteiger partial charge in [0.15, 0.2) is 0 Å². The minimum absolute atomic E-state index is 0.0607. The van der Waals surface area contributed by atoms with E-state index in [-0.39, 0.29) is 23.2 Å². The summed E-state index contributed by atoms with van der Waals surface area (Å²) in [6.07, 6.45) is 1.40. The number of phenols is 1. The highest BCUT2D eigenvalue weighted by Gasteiger charge is 2.14. The van der Waals surface area contributed by atoms with Crippen LogP contribution < -0.4 is 10.6 Å². The summed E-state index contributed by atoms with van der Waals surface area (Å²) in [6.45, 7) is 8.66. The summed E-state index contributed by atoms with van der Waals surface area (Å²) >= 11 is 0. The van der Waals surface area contributed by atoms with Gasteiger partial charge >= 0.3 is 0 Å². The van der Waals surface area contributed by atoms with Gasteiger partial charge in [-0.3, -0.25) is 4.79 Å². The van der Waals surface area contributed by atoms with Gasteiger partial charge in [-0.05, 0) is 44.9 Å². The van der Waals surface area contributed by atoms with E-state index < -0.39 is 0 Å². The Labute approximate surface area is 121 Å². The van der Waals surface area contributed by atoms with Gasteiger partial charge in [-0.2, -0.15) is 0 Å². The van der Waals surface area contributed by atoms with Crippen LogP contribution in [0.3, 0.4) is 0 Å². The van der Waals surface area contributed by atoms with Gasteiger partial charge in [0.25, 0.3) is 0 Å². The molecule has 3 N–H and O–H groups in total. The molecule has 1 unspecified atom stereocenters. The van der Waals surface area contributed by atoms with Crippen molar-refractivity contribution in [2.24, 2.45) is 0 Å². The van der Waals surface area contributed by atoms with E-state index in [1.807, 2.05) is 32.9 Å². The van der Waals surface area contributed by atoms with E-state index in [9.17, 15) is 9.90 Å². The van der Waals surface area contributed by atoms with Gasteiger partial charge in [0.2, 0.25) is 5.91 Å². The van der Waals surface area contributed by atoms with Crippen molar-refractivity contribution in [2.45, 2.75) is 52.1 Å². The van der Waals surface area contributed by atoms with Crippen LogP contribution in [0.4, 0.5) is 0 Å². The summed E-state index contributed by atoms with van der Waals surface area (Å²) in [5, 5.41) is 15.6. The zero-order chi connectivity index (χ0) is 15.2. The number of hydrogen-bond donors (Lipinski definition) is 3. The number of amides is 1. The smallest absolute Gasteiger partial charge is 0.221 e. The van der Waals surface area contributed by atoms with Crippen molar-refractivity contribution in [1.29, 1.82) is 0 Å². The van der Waals surface area contributed by atoms with E-state index in [2.05, 4.69) is 17.6 Å². The quantitative estimate of drug-likeness (QED) is 0.750. The Morgan fingerprint density at radius 3 is 2.35 bits per heavy atom. The Morgan fingerprint density at radius 2 is 1.85 bits per heavy atom. The molecule has 4 nitrogen and oxygen atoms in total. The largest absolute Gasteiger partial charge is 0.508 e. The van der Waals surface area contributed by atoms with E-state index in [1.165, 1.54) is 0 Å². The molecule has 1 atom stereocenters. The van der Waals surface area contributed by atoms with E-state index >= 15 is 0 Å². The second kappa shape index (κ2) is 7.29. The van der Waals surface area contributed by atoms with Gasteiger partial charge in [0, 0.05) is 24.5 Å². The maximum atomic E-state index is 11.7. The average molecular weight is 278 g/mol. The van der Waals surface area contributed by atoms with Crippen LogP contribution in [0.1, 0.15) is 52.1 Å². The number of benzene rings is 1. The van der Waals surface area contributed by atoms with E-state index in [0.717, 1.165) is 12.0 Å². The number of carbonyl (C=O) groups excluding carboxylic acids is 1. The highest BCUT2D eigenvalue weighted by Crippen LogP contribution is 2.19. The lowest BCUT2D eigenvalue weighted by Crippen LogP contribution is -2.41. The van der Waals surface area contributed by atoms with Gasteiger partial charge in [-0.25, -0.2) is 0 Å². The number of carbonyl (C=O) groups is 1. The maximum Gasteiger partial charge on any atom is 0.221 e. The fourth-order valence-electron chi connectivity index (χ4n) is 2.05. The third-order valence-electron chi connectivity index (χ3n) is 2.96. The Bertz CT molecular complexity index is 421. The monoisotopic (exact) mass is 278 g/mol. The minimum atomic E-state index is -0.182. The third-order valence-corrected chi connectivity index (χ3v) is 2.96. The van der Waals surface area contributed by atoms with Crippen LogP contribution in [-0.2, 0) is 4.79 Å². The second-order valence-corrected chi connectivity index (χ2v) is 6.05. The first kappa shape index (κ1) is 16.5. The van der Waals surface area contributed by atoms with Gasteiger partial charge in [0.05, 0.1) is 0 Å². The number of hydrogen-bond acceptors (Lipinski definition) is 3. The molecule has 0 aliphatic rings. The van der Waals surface area contributed by atoms with Crippen LogP contribution in [0.2, 0.25) is 0 Å². The topological polar surface area (TPSA) is 61.4 Å². The van der Waals surface area contributed by atoms with Crippen molar-refractivity contribution in [3.63, 3.8) is 0 Å². The number of nitrogens with one attached hydrogen (secondary N) is 2. The van der Waals surface area contributed by atoms with Crippen LogP contribution >= 0.6 is 0 Å². The van der Waals surface area contributed by atoms with Gasteiger partial charge in [-0.15, -0.1) is 0 Å². The molecule has 112 valence electrons. The van der Waals surface area contributed by atoms with Crippen LogP contribution in [0.5, 0.6) is 5.75 Å². The van der Waals surface area contributed by atoms with Crippen molar-refractivity contribution in [3.8, 4) is 5.75 Å². The molecule has 1 aromatic carbocycles. The van der Waals surface area contributed by atoms with Crippen LogP contribution in [-0.4, -0.2) is 23.1 Å². The first-order valence-corrected chi connectivity index (χ1v) is 7.15. The molecule has 0 heterocycles. The standard InChI is InChI=1S/C16H26N2O2/c1-5-14(12-6-8-13(19)9-7-12)17-11-10-15(20)18-16(2,3)4/h6-9,14,17,19H,5,10-11H2,1-4H3,(H,18,20). The summed E-state index contributed by atoms with van der Waals surface area (Å²) in [4.78, 5) is 11.7. The summed E-state index contributed by atoms with van der Waals surface area (Å²) in [5.74, 6) is 0.332. The molecule has 1 amide bonds. The Morgan fingerprint density at radius 1 is 1.25 bits per heavy atom. The molecule has 1 rings (SSSR count). The lowest BCUT2D eigenvalue weighted by Gasteiger charge is -2.21. The van der Waals surface area contributed by atoms with Gasteiger partial charge < -0.3 is 15.7 Å². The van der Waals surface area contributed by atoms with Crippen molar-refractivity contribution in [1.82, 2.24) is 10.6 Å². The minimum Gasteiger partial charge on any atom is -0.508 e. The fourth-order valence-corrected chi connectivity index (χ4v) is 2.05. The Balaban J connectivity index is 2.42. The molecular weight excluding hydrogens is 252 g/mol. The summed E-state index contributed by atoms with van der Waals surface area (Å²) in [5.41, 5.74) is 0.944. The molecule has 0 radical (unpaired) electrons. The summed E-state index contributed by atoms with van der Waals surface area (Å²) in [6, 6.07) is 7.40. The zero-order valence-corrected chi connectivity index (χ0v) is 12.9. The predicted octanol–water partition coefficient (Wildman–Crippen LogP) is 2.74. The molecule has 20 heavy (non-hydrogen) atoms. The molecule has 1 aromatic rings. The average Bonchev–Trinajstić information content (AvgIpc) is 2.34. The molecule has 0 aromatic heterocycles. The predicted molar refractivity (Wildman–Crippen MR) is 81.7 cm³/mol. The van der Waals surface area contributed by atoms with Crippen LogP contribution in [0, 0.1) is 0 Å². The van der Waals surface area contributed by atoms with Crippen LogP contribution in [0.25, 0.3) is 0 Å². The van der Waals surface area contributed by atoms with Gasteiger partial charge in [0.1, 0.15) is 5.75 Å². The van der Waals surface area contributed by atoms with Crippen molar-refractivity contribution >= 4 is 5.91 Å². The molecule has 0 aliphatic carbocycles. The maximum absolute atomic E-state index is 11.7. The van der Waals surface area contributed by atoms with Crippen LogP contribution in [0.15, 0.2) is 24.3 Å². The number of phenolic OH excluding ortho intramolecular Hbond substituents is 1. The second-order valence-electron chi connectivity index (χ2n) is 6.05. The molecule has 0 saturated carbocycles. The first-order chi connectivity index (χ1) is 9.31. The SMILES string of the molecule is CCC(NCCC(=O)NC(C)(C)C)c1ccc(O)cc1. The zero-order valence-electron chi connectivity index (χ0n) is 12.9. The third kappa shape index (κ3) is 6.06. The highest BCUT2D eigenvalue weighted by molar-refractivity contribution is 5.76. The molecular formula is C16H26N2O2. The molecule has 0 spiro atoms. The fraction of sp³-hybridized carbons (Fsp3) is 0.562. The van der Waals surface area contributed by atoms with Crippen molar-refractivity contribution in [2.75, 3.05) is 6.54 Å². The van der Waals surface area contributed by atoms with Crippen molar-refractivity contribution < 1.29 is 9.90 Å². The molecule has 0 saturated heterocycles. The lowest BCUT2D eigenvalue weighted by molar-refractivity contribution is -0.122. The normalized spacial score (nSPS) is 13.0. The Hall–Kier alpha value is -1.55. The number of rotatable bonds is 6. The van der Waals surface area contributed by atoms with E-state index in [1.54, 1.807) is 12.1 Å². The lowest BCUT2D eigenvalue weighted by atomic mass is 10.0. The highest BCUT2D eigenvalue weighted by atomic mass is 16.3.